The van der Waals surface area contributed by atoms with E-state index in [9.17, 15) is 4.39 Å². The molecule has 0 unspecified atom stereocenters. The summed E-state index contributed by atoms with van der Waals surface area (Å²) in [5.74, 6) is 0.913. The van der Waals surface area contributed by atoms with Crippen molar-refractivity contribution in [2.75, 3.05) is 0 Å². The van der Waals surface area contributed by atoms with Gasteiger partial charge in [0.05, 0.1) is 0 Å². The second-order valence-electron chi connectivity index (χ2n) is 4.28. The van der Waals surface area contributed by atoms with Gasteiger partial charge in [-0.1, -0.05) is 0 Å². The lowest BCUT2D eigenvalue weighted by Gasteiger charge is -2.13. The molecule has 17 heavy (non-hydrogen) atoms. The molecule has 0 N–H and O–H groups in total. The van der Waals surface area contributed by atoms with E-state index in [1.54, 1.807) is 12.1 Å². The molecule has 88 valence electrons. The monoisotopic (exact) mass is 294 g/mol. The molecule has 0 atom stereocenters. The third-order valence-electron chi connectivity index (χ3n) is 3.13. The van der Waals surface area contributed by atoms with Crippen LogP contribution in [0, 0.1) is 5.82 Å². The van der Waals surface area contributed by atoms with Gasteiger partial charge in [-0.2, -0.15) is 0 Å². The van der Waals surface area contributed by atoms with Gasteiger partial charge in [0.25, 0.3) is 0 Å². The van der Waals surface area contributed by atoms with Crippen LogP contribution in [-0.4, -0.2) is 9.55 Å². The number of fused-ring (bicyclic) bond motifs is 1. The van der Waals surface area contributed by atoms with Crippen LogP contribution in [0.25, 0.3) is 11.3 Å². The summed E-state index contributed by atoms with van der Waals surface area (Å²) in [7, 11) is 0. The molecule has 0 amide bonds. The molecule has 1 aliphatic heterocycles. The van der Waals surface area contributed by atoms with E-state index in [1.807, 2.05) is 0 Å². The topological polar surface area (TPSA) is 17.8 Å². The van der Waals surface area contributed by atoms with Gasteiger partial charge in [0.1, 0.15) is 21.9 Å². The fourth-order valence-corrected chi connectivity index (χ4v) is 2.94. The standard InChI is InChI=1S/C13H12BrFN2/c14-13-12(9-4-6-10(15)7-5-9)16-11-3-1-2-8-17(11)13/h4-7H,1-3,8H2. The molecule has 2 nitrogen and oxygen atoms in total. The molecule has 4 heteroatoms. The molecule has 2 heterocycles. The predicted octanol–water partition coefficient (Wildman–Crippen LogP) is 3.79. The number of hydrogen-bond acceptors (Lipinski definition) is 1. The van der Waals surface area contributed by atoms with Crippen LogP contribution in [0.2, 0.25) is 0 Å². The lowest BCUT2D eigenvalue weighted by Crippen LogP contribution is -2.10. The normalized spacial score (nSPS) is 14.7. The van der Waals surface area contributed by atoms with Crippen LogP contribution in [0.4, 0.5) is 4.39 Å². The maximum atomic E-state index is 12.9. The zero-order chi connectivity index (χ0) is 11.8. The van der Waals surface area contributed by atoms with E-state index < -0.39 is 0 Å². The van der Waals surface area contributed by atoms with E-state index >= 15 is 0 Å². The summed E-state index contributed by atoms with van der Waals surface area (Å²) in [6, 6.07) is 6.49. The highest BCUT2D eigenvalue weighted by atomic mass is 79.9. The minimum absolute atomic E-state index is 0.214. The van der Waals surface area contributed by atoms with Crippen molar-refractivity contribution in [1.29, 1.82) is 0 Å². The molecule has 0 bridgehead atoms. The van der Waals surface area contributed by atoms with E-state index in [0.29, 0.717) is 0 Å². The number of benzene rings is 1. The van der Waals surface area contributed by atoms with Crippen LogP contribution in [0.1, 0.15) is 18.7 Å². The van der Waals surface area contributed by atoms with Crippen molar-refractivity contribution in [2.24, 2.45) is 0 Å². The number of imidazole rings is 1. The second-order valence-corrected chi connectivity index (χ2v) is 5.03. The van der Waals surface area contributed by atoms with Gasteiger partial charge in [0.2, 0.25) is 0 Å². The van der Waals surface area contributed by atoms with Crippen molar-refractivity contribution in [3.8, 4) is 11.3 Å². The SMILES string of the molecule is Fc1ccc(-c2nc3n(c2Br)CCCC3)cc1. The number of halogens is 2. The first kappa shape index (κ1) is 11.0. The first-order chi connectivity index (χ1) is 8.25. The summed E-state index contributed by atoms with van der Waals surface area (Å²) in [5.41, 5.74) is 1.88. The second kappa shape index (κ2) is 4.26. The molecule has 2 aromatic rings. The molecule has 0 saturated carbocycles. The number of nitrogens with zero attached hydrogens (tertiary/aromatic N) is 2. The fraction of sp³-hybridized carbons (Fsp3) is 0.308. The molecule has 0 aliphatic carbocycles. The van der Waals surface area contributed by atoms with E-state index in [0.717, 1.165) is 34.7 Å². The molecule has 0 spiro atoms. The van der Waals surface area contributed by atoms with E-state index in [1.165, 1.54) is 25.0 Å². The molecule has 3 rings (SSSR count). The molecule has 0 radical (unpaired) electrons. The third-order valence-corrected chi connectivity index (χ3v) is 3.94. The summed E-state index contributed by atoms with van der Waals surface area (Å²) in [6.07, 6.45) is 3.43. The summed E-state index contributed by atoms with van der Waals surface area (Å²) < 4.78 is 16.1. The summed E-state index contributed by atoms with van der Waals surface area (Å²) >= 11 is 3.60. The van der Waals surface area contributed by atoms with Crippen LogP contribution < -0.4 is 0 Å². The Morgan fingerprint density at radius 3 is 2.65 bits per heavy atom. The first-order valence-electron chi connectivity index (χ1n) is 5.76. The molecule has 1 aliphatic rings. The van der Waals surface area contributed by atoms with Crippen LogP contribution in [0.3, 0.4) is 0 Å². The average molecular weight is 295 g/mol. The Hall–Kier alpha value is -1.16. The summed E-state index contributed by atoms with van der Waals surface area (Å²) in [5, 5.41) is 0. The number of aromatic nitrogens is 2. The highest BCUT2D eigenvalue weighted by Gasteiger charge is 2.18. The van der Waals surface area contributed by atoms with Crippen LogP contribution in [0.5, 0.6) is 0 Å². The molecular weight excluding hydrogens is 283 g/mol. The van der Waals surface area contributed by atoms with Crippen molar-refractivity contribution in [2.45, 2.75) is 25.8 Å². The Balaban J connectivity index is 2.09. The highest BCUT2D eigenvalue weighted by molar-refractivity contribution is 9.10. The van der Waals surface area contributed by atoms with Gasteiger partial charge >= 0.3 is 0 Å². The van der Waals surface area contributed by atoms with Gasteiger partial charge in [-0.3, -0.25) is 0 Å². The van der Waals surface area contributed by atoms with Crippen LogP contribution >= 0.6 is 15.9 Å². The first-order valence-corrected chi connectivity index (χ1v) is 6.56. The Morgan fingerprint density at radius 2 is 1.94 bits per heavy atom. The van der Waals surface area contributed by atoms with Gasteiger partial charge in [0, 0.05) is 18.5 Å². The minimum Gasteiger partial charge on any atom is -0.322 e. The maximum Gasteiger partial charge on any atom is 0.123 e. The highest BCUT2D eigenvalue weighted by Crippen LogP contribution is 2.31. The predicted molar refractivity (Wildman–Crippen MR) is 68.3 cm³/mol. The summed E-state index contributed by atoms with van der Waals surface area (Å²) in [6.45, 7) is 1.02. The Labute approximate surface area is 108 Å². The van der Waals surface area contributed by atoms with Gasteiger partial charge in [-0.25, -0.2) is 9.37 Å². The number of hydrogen-bond donors (Lipinski definition) is 0. The van der Waals surface area contributed by atoms with Gasteiger partial charge in [0.15, 0.2) is 0 Å². The lowest BCUT2D eigenvalue weighted by molar-refractivity contribution is 0.516. The van der Waals surface area contributed by atoms with Crippen molar-refractivity contribution >= 4 is 15.9 Å². The third kappa shape index (κ3) is 1.90. The fourth-order valence-electron chi connectivity index (χ4n) is 2.24. The van der Waals surface area contributed by atoms with Crippen molar-refractivity contribution < 1.29 is 4.39 Å². The van der Waals surface area contributed by atoms with Crippen molar-refractivity contribution in [1.82, 2.24) is 9.55 Å². The van der Waals surface area contributed by atoms with Gasteiger partial charge in [-0.05, 0) is 53.0 Å². The largest absolute Gasteiger partial charge is 0.322 e. The van der Waals surface area contributed by atoms with Crippen molar-refractivity contribution in [3.05, 3.63) is 40.5 Å². The smallest absolute Gasteiger partial charge is 0.123 e. The molecule has 0 fully saturated rings. The van der Waals surface area contributed by atoms with E-state index in [2.05, 4.69) is 25.5 Å². The Morgan fingerprint density at radius 1 is 1.18 bits per heavy atom. The number of rotatable bonds is 1. The van der Waals surface area contributed by atoms with Crippen LogP contribution in [-0.2, 0) is 13.0 Å². The zero-order valence-electron chi connectivity index (χ0n) is 9.29. The van der Waals surface area contributed by atoms with E-state index in [-0.39, 0.29) is 5.82 Å². The van der Waals surface area contributed by atoms with Crippen molar-refractivity contribution in [3.63, 3.8) is 0 Å². The quantitative estimate of drug-likeness (QED) is 0.782. The number of aryl methyl sites for hydroxylation is 1. The van der Waals surface area contributed by atoms with Gasteiger partial charge < -0.3 is 4.57 Å². The minimum atomic E-state index is -0.214. The molecule has 1 aromatic carbocycles. The lowest BCUT2D eigenvalue weighted by atomic mass is 10.2. The molecule has 0 saturated heterocycles. The van der Waals surface area contributed by atoms with Gasteiger partial charge in [-0.15, -0.1) is 0 Å². The maximum absolute atomic E-state index is 12.9. The summed E-state index contributed by atoms with van der Waals surface area (Å²) in [4.78, 5) is 4.64. The molecule has 1 aromatic heterocycles. The van der Waals surface area contributed by atoms with E-state index in [4.69, 9.17) is 0 Å². The Bertz CT molecular complexity index is 545. The average Bonchev–Trinajstić information content (AvgIpc) is 2.69. The Kier molecular flexibility index (Phi) is 2.74. The molecular formula is C13H12BrFN2. The van der Waals surface area contributed by atoms with Crippen LogP contribution in [0.15, 0.2) is 28.9 Å². The zero-order valence-corrected chi connectivity index (χ0v) is 10.9.